The maximum absolute atomic E-state index is 5.58. The van der Waals surface area contributed by atoms with E-state index in [1.165, 1.54) is 19.3 Å². The highest BCUT2D eigenvalue weighted by Gasteiger charge is 2.59. The Morgan fingerprint density at radius 1 is 1.39 bits per heavy atom. The molecule has 2 rings (SSSR count). The van der Waals surface area contributed by atoms with Crippen LogP contribution in [-0.2, 0) is 0 Å². The van der Waals surface area contributed by atoms with Gasteiger partial charge < -0.3 is 5.32 Å². The standard InChI is InChI=1S/C14H28N4/c1-5-8-16-12(18-15)17-11-13(2,3)10-6-7-14(11,4)9-10/h10-11H,5-9,15H2,1-4H3,(H2,16,17,18). The van der Waals surface area contributed by atoms with Crippen molar-refractivity contribution in [3.63, 3.8) is 0 Å². The van der Waals surface area contributed by atoms with Gasteiger partial charge in [0, 0.05) is 12.6 Å². The summed E-state index contributed by atoms with van der Waals surface area (Å²) in [6.07, 6.45) is 5.08. The lowest BCUT2D eigenvalue weighted by atomic mass is 9.68. The molecule has 2 saturated carbocycles. The number of nitrogens with one attached hydrogen (secondary N) is 2. The van der Waals surface area contributed by atoms with E-state index in [0.29, 0.717) is 16.9 Å². The molecule has 4 heteroatoms. The van der Waals surface area contributed by atoms with E-state index in [1.54, 1.807) is 0 Å². The van der Waals surface area contributed by atoms with Crippen molar-refractivity contribution in [2.75, 3.05) is 6.54 Å². The van der Waals surface area contributed by atoms with Crippen molar-refractivity contribution in [1.29, 1.82) is 0 Å². The van der Waals surface area contributed by atoms with Gasteiger partial charge in [-0.05, 0) is 42.4 Å². The molecule has 0 radical (unpaired) electrons. The van der Waals surface area contributed by atoms with E-state index in [0.717, 1.165) is 24.8 Å². The van der Waals surface area contributed by atoms with Gasteiger partial charge in [0.15, 0.2) is 0 Å². The summed E-state index contributed by atoms with van der Waals surface area (Å²) in [5, 5.41) is 3.58. The van der Waals surface area contributed by atoms with Gasteiger partial charge in [0.25, 0.3) is 0 Å². The number of rotatable bonds is 3. The molecule has 3 atom stereocenters. The van der Waals surface area contributed by atoms with Crippen molar-refractivity contribution in [2.24, 2.45) is 27.6 Å². The Morgan fingerprint density at radius 3 is 2.61 bits per heavy atom. The molecule has 0 amide bonds. The molecular weight excluding hydrogens is 224 g/mol. The first kappa shape index (κ1) is 13.7. The maximum atomic E-state index is 5.58. The SMILES string of the molecule is CCCN=C(NN)NC1C2(C)CCC(C2)C1(C)C. The van der Waals surface area contributed by atoms with Crippen LogP contribution >= 0.6 is 0 Å². The lowest BCUT2D eigenvalue weighted by Gasteiger charge is -2.43. The second kappa shape index (κ2) is 4.72. The van der Waals surface area contributed by atoms with Crippen molar-refractivity contribution in [3.05, 3.63) is 0 Å². The Hall–Kier alpha value is -0.770. The van der Waals surface area contributed by atoms with Crippen molar-refractivity contribution in [2.45, 2.75) is 59.4 Å². The van der Waals surface area contributed by atoms with Crippen LogP contribution in [0, 0.1) is 16.7 Å². The first-order chi connectivity index (χ1) is 8.44. The van der Waals surface area contributed by atoms with E-state index in [4.69, 9.17) is 5.84 Å². The molecule has 0 aliphatic heterocycles. The van der Waals surface area contributed by atoms with Crippen LogP contribution in [0.3, 0.4) is 0 Å². The zero-order valence-corrected chi connectivity index (χ0v) is 12.2. The lowest BCUT2D eigenvalue weighted by molar-refractivity contribution is 0.124. The third kappa shape index (κ3) is 2.11. The van der Waals surface area contributed by atoms with Gasteiger partial charge in [0.1, 0.15) is 0 Å². The Kier molecular flexibility index (Phi) is 3.58. The molecule has 18 heavy (non-hydrogen) atoms. The Morgan fingerprint density at radius 2 is 2.11 bits per heavy atom. The summed E-state index contributed by atoms with van der Waals surface area (Å²) in [6, 6.07) is 0.468. The second-order valence-electron chi connectivity index (χ2n) is 6.87. The highest BCUT2D eigenvalue weighted by Crippen LogP contribution is 2.62. The lowest BCUT2D eigenvalue weighted by Crippen LogP contribution is -2.56. The number of guanidine groups is 1. The quantitative estimate of drug-likeness (QED) is 0.312. The normalized spacial score (nSPS) is 37.9. The summed E-state index contributed by atoms with van der Waals surface area (Å²) in [4.78, 5) is 4.47. The van der Waals surface area contributed by atoms with Gasteiger partial charge in [0.2, 0.25) is 5.96 Å². The average Bonchev–Trinajstić information content (AvgIpc) is 2.79. The molecule has 2 aliphatic rings. The summed E-state index contributed by atoms with van der Waals surface area (Å²) in [6.45, 7) is 10.1. The van der Waals surface area contributed by atoms with Gasteiger partial charge >= 0.3 is 0 Å². The number of nitrogens with two attached hydrogens (primary N) is 1. The highest BCUT2D eigenvalue weighted by atomic mass is 15.3. The van der Waals surface area contributed by atoms with Gasteiger partial charge in [-0.2, -0.15) is 0 Å². The van der Waals surface area contributed by atoms with E-state index in [9.17, 15) is 0 Å². The monoisotopic (exact) mass is 252 g/mol. The number of nitrogens with zero attached hydrogens (tertiary/aromatic N) is 1. The van der Waals surface area contributed by atoms with Crippen molar-refractivity contribution < 1.29 is 0 Å². The molecule has 0 heterocycles. The fraction of sp³-hybridized carbons (Fsp3) is 0.929. The van der Waals surface area contributed by atoms with Crippen LogP contribution in [0.4, 0.5) is 0 Å². The van der Waals surface area contributed by atoms with Crippen LogP contribution in [0.25, 0.3) is 0 Å². The smallest absolute Gasteiger partial charge is 0.205 e. The van der Waals surface area contributed by atoms with Crippen LogP contribution in [0.2, 0.25) is 0 Å². The average molecular weight is 252 g/mol. The van der Waals surface area contributed by atoms with Gasteiger partial charge in [-0.25, -0.2) is 5.84 Å². The first-order valence-corrected chi connectivity index (χ1v) is 7.21. The van der Waals surface area contributed by atoms with Crippen LogP contribution in [0.5, 0.6) is 0 Å². The fourth-order valence-electron chi connectivity index (χ4n) is 4.16. The number of hydrogen-bond acceptors (Lipinski definition) is 2. The predicted molar refractivity (Wildman–Crippen MR) is 76.1 cm³/mol. The minimum Gasteiger partial charge on any atom is -0.351 e. The molecule has 0 aromatic heterocycles. The molecule has 104 valence electrons. The molecule has 4 nitrogen and oxygen atoms in total. The van der Waals surface area contributed by atoms with Crippen LogP contribution in [0.1, 0.15) is 53.4 Å². The number of hydrogen-bond donors (Lipinski definition) is 3. The van der Waals surface area contributed by atoms with Crippen LogP contribution in [-0.4, -0.2) is 18.5 Å². The van der Waals surface area contributed by atoms with Crippen LogP contribution < -0.4 is 16.6 Å². The molecule has 2 aliphatic carbocycles. The molecule has 4 N–H and O–H groups in total. The second-order valence-corrected chi connectivity index (χ2v) is 6.87. The molecule has 0 aromatic carbocycles. The van der Waals surface area contributed by atoms with Gasteiger partial charge in [0.05, 0.1) is 0 Å². The summed E-state index contributed by atoms with van der Waals surface area (Å²) in [7, 11) is 0. The largest absolute Gasteiger partial charge is 0.351 e. The molecule has 0 spiro atoms. The van der Waals surface area contributed by atoms with E-state index < -0.39 is 0 Å². The molecule has 3 unspecified atom stereocenters. The first-order valence-electron chi connectivity index (χ1n) is 7.21. The topological polar surface area (TPSA) is 62.4 Å². The number of aliphatic imine (C=N–C) groups is 1. The number of hydrazine groups is 1. The molecule has 0 saturated heterocycles. The predicted octanol–water partition coefficient (Wildman–Crippen LogP) is 2.02. The molecule has 2 fully saturated rings. The fourth-order valence-corrected chi connectivity index (χ4v) is 4.16. The zero-order chi connectivity index (χ0) is 13.4. The Bertz CT molecular complexity index is 332. The van der Waals surface area contributed by atoms with E-state index in [-0.39, 0.29) is 0 Å². The van der Waals surface area contributed by atoms with Crippen molar-refractivity contribution in [3.8, 4) is 0 Å². The van der Waals surface area contributed by atoms with Crippen molar-refractivity contribution >= 4 is 5.96 Å². The van der Waals surface area contributed by atoms with E-state index in [1.807, 2.05) is 0 Å². The summed E-state index contributed by atoms with van der Waals surface area (Å²) in [5.41, 5.74) is 3.45. The zero-order valence-electron chi connectivity index (χ0n) is 12.2. The number of fused-ring (bicyclic) bond motifs is 2. The minimum atomic E-state index is 0.330. The summed E-state index contributed by atoms with van der Waals surface area (Å²) >= 11 is 0. The van der Waals surface area contributed by atoms with E-state index in [2.05, 4.69) is 43.4 Å². The van der Waals surface area contributed by atoms with Crippen LogP contribution in [0.15, 0.2) is 4.99 Å². The summed E-state index contributed by atoms with van der Waals surface area (Å²) in [5.74, 6) is 7.17. The Balaban J connectivity index is 2.12. The molecule has 2 bridgehead atoms. The van der Waals surface area contributed by atoms with E-state index >= 15 is 0 Å². The van der Waals surface area contributed by atoms with Gasteiger partial charge in [-0.15, -0.1) is 0 Å². The molecular formula is C14H28N4. The molecule has 0 aromatic rings. The third-order valence-electron chi connectivity index (χ3n) is 5.18. The van der Waals surface area contributed by atoms with Crippen molar-refractivity contribution in [1.82, 2.24) is 10.7 Å². The summed E-state index contributed by atoms with van der Waals surface area (Å²) < 4.78 is 0. The third-order valence-corrected chi connectivity index (χ3v) is 5.18. The maximum Gasteiger partial charge on any atom is 0.205 e. The Labute approximate surface area is 111 Å². The minimum absolute atomic E-state index is 0.330. The van der Waals surface area contributed by atoms with Gasteiger partial charge in [-0.1, -0.05) is 27.7 Å². The highest BCUT2D eigenvalue weighted by molar-refractivity contribution is 5.79. The van der Waals surface area contributed by atoms with Gasteiger partial charge in [-0.3, -0.25) is 10.4 Å².